The number of nitrogens with zero attached hydrogens (tertiary/aromatic N) is 2. The third kappa shape index (κ3) is 4.50. The molecule has 2 heterocycles. The first-order valence-electron chi connectivity index (χ1n) is 9.61. The molecule has 0 saturated carbocycles. The first-order chi connectivity index (χ1) is 15.0. The van der Waals surface area contributed by atoms with Gasteiger partial charge in [0, 0.05) is 5.69 Å². The van der Waals surface area contributed by atoms with Gasteiger partial charge in [-0.25, -0.2) is 4.98 Å². The van der Waals surface area contributed by atoms with E-state index in [1.165, 1.54) is 23.1 Å². The van der Waals surface area contributed by atoms with E-state index in [2.05, 4.69) is 10.3 Å². The molecule has 8 heteroatoms. The van der Waals surface area contributed by atoms with E-state index in [1.807, 2.05) is 43.5 Å². The standard InChI is InChI=1S/C23H21N3O3S2/c1-14-4-7-17(12-15(14)2)26-22(28)21-19(10-11-30-21)25-23(26)31-13-20(27)24-16-5-8-18(29-3)9-6-16/h4-12H,13H2,1-3H3,(H,24,27). The van der Waals surface area contributed by atoms with Crippen LogP contribution in [0.5, 0.6) is 5.75 Å². The molecule has 0 fully saturated rings. The van der Waals surface area contributed by atoms with E-state index in [-0.39, 0.29) is 17.2 Å². The van der Waals surface area contributed by atoms with Crippen LogP contribution in [0.2, 0.25) is 0 Å². The summed E-state index contributed by atoms with van der Waals surface area (Å²) in [7, 11) is 1.59. The Bertz CT molecular complexity index is 1310. The highest BCUT2D eigenvalue weighted by Gasteiger charge is 2.16. The van der Waals surface area contributed by atoms with Gasteiger partial charge in [-0.05, 0) is 72.8 Å². The number of thiophene rings is 1. The Morgan fingerprint density at radius 2 is 1.90 bits per heavy atom. The summed E-state index contributed by atoms with van der Waals surface area (Å²) in [5.41, 5.74) is 4.18. The van der Waals surface area contributed by atoms with E-state index in [1.54, 1.807) is 35.9 Å². The maximum absolute atomic E-state index is 13.2. The van der Waals surface area contributed by atoms with E-state index in [0.717, 1.165) is 22.6 Å². The minimum Gasteiger partial charge on any atom is -0.497 e. The summed E-state index contributed by atoms with van der Waals surface area (Å²) in [6, 6.07) is 14.8. The zero-order valence-corrected chi connectivity index (χ0v) is 19.0. The van der Waals surface area contributed by atoms with Crippen molar-refractivity contribution in [1.29, 1.82) is 0 Å². The SMILES string of the molecule is COc1ccc(NC(=O)CSc2nc3ccsc3c(=O)n2-c2ccc(C)c(C)c2)cc1. The van der Waals surface area contributed by atoms with Crippen LogP contribution in [0.4, 0.5) is 5.69 Å². The van der Waals surface area contributed by atoms with Gasteiger partial charge in [-0.15, -0.1) is 11.3 Å². The van der Waals surface area contributed by atoms with Crippen molar-refractivity contribution in [2.75, 3.05) is 18.2 Å². The van der Waals surface area contributed by atoms with Gasteiger partial charge < -0.3 is 10.1 Å². The van der Waals surface area contributed by atoms with Crippen LogP contribution in [-0.2, 0) is 4.79 Å². The number of anilines is 1. The number of hydrogen-bond acceptors (Lipinski definition) is 6. The van der Waals surface area contributed by atoms with Gasteiger partial charge in [-0.1, -0.05) is 17.8 Å². The van der Waals surface area contributed by atoms with Gasteiger partial charge in [0.25, 0.3) is 5.56 Å². The number of hydrogen-bond donors (Lipinski definition) is 1. The predicted molar refractivity (Wildman–Crippen MR) is 127 cm³/mol. The van der Waals surface area contributed by atoms with Gasteiger partial charge >= 0.3 is 0 Å². The summed E-state index contributed by atoms with van der Waals surface area (Å²) < 4.78 is 7.33. The highest BCUT2D eigenvalue weighted by molar-refractivity contribution is 7.99. The molecule has 0 spiro atoms. The van der Waals surface area contributed by atoms with Crippen LogP contribution in [-0.4, -0.2) is 28.3 Å². The second kappa shape index (κ2) is 8.95. The van der Waals surface area contributed by atoms with Gasteiger partial charge in [-0.2, -0.15) is 0 Å². The molecule has 0 radical (unpaired) electrons. The van der Waals surface area contributed by atoms with Crippen LogP contribution in [0, 0.1) is 13.8 Å². The number of aromatic nitrogens is 2. The Morgan fingerprint density at radius 1 is 1.13 bits per heavy atom. The molecule has 0 atom stereocenters. The number of rotatable bonds is 6. The molecule has 0 aliphatic rings. The minimum atomic E-state index is -0.179. The summed E-state index contributed by atoms with van der Waals surface area (Å²) in [4.78, 5) is 30.4. The molecule has 4 rings (SSSR count). The molecule has 0 saturated heterocycles. The fourth-order valence-corrected chi connectivity index (χ4v) is 4.65. The van der Waals surface area contributed by atoms with Crippen molar-refractivity contribution in [2.45, 2.75) is 19.0 Å². The molecule has 6 nitrogen and oxygen atoms in total. The highest BCUT2D eigenvalue weighted by atomic mass is 32.2. The lowest BCUT2D eigenvalue weighted by atomic mass is 10.1. The van der Waals surface area contributed by atoms with E-state index in [9.17, 15) is 9.59 Å². The van der Waals surface area contributed by atoms with Crippen molar-refractivity contribution < 1.29 is 9.53 Å². The Morgan fingerprint density at radius 3 is 2.61 bits per heavy atom. The van der Waals surface area contributed by atoms with E-state index >= 15 is 0 Å². The van der Waals surface area contributed by atoms with Crippen molar-refractivity contribution >= 4 is 44.9 Å². The number of ether oxygens (including phenoxy) is 1. The summed E-state index contributed by atoms with van der Waals surface area (Å²) in [5.74, 6) is 0.665. The van der Waals surface area contributed by atoms with Crippen LogP contribution < -0.4 is 15.6 Å². The molecule has 4 aromatic rings. The Labute approximate surface area is 187 Å². The Kier molecular flexibility index (Phi) is 6.11. The minimum absolute atomic E-state index is 0.124. The van der Waals surface area contributed by atoms with Crippen molar-refractivity contribution in [1.82, 2.24) is 9.55 Å². The predicted octanol–water partition coefficient (Wildman–Crippen LogP) is 4.80. The van der Waals surface area contributed by atoms with E-state index in [4.69, 9.17) is 4.74 Å². The molecule has 2 aromatic heterocycles. The molecule has 1 amide bonds. The first kappa shape index (κ1) is 21.1. The third-order valence-corrected chi connectivity index (χ3v) is 6.73. The number of carbonyl (C=O) groups is 1. The van der Waals surface area contributed by atoms with Gasteiger partial charge in [-0.3, -0.25) is 14.2 Å². The van der Waals surface area contributed by atoms with E-state index < -0.39 is 0 Å². The van der Waals surface area contributed by atoms with Crippen LogP contribution in [0.25, 0.3) is 15.9 Å². The molecule has 0 unspecified atom stereocenters. The van der Waals surface area contributed by atoms with Crippen molar-refractivity contribution in [2.24, 2.45) is 0 Å². The van der Waals surface area contributed by atoms with Crippen molar-refractivity contribution in [3.05, 3.63) is 75.4 Å². The normalized spacial score (nSPS) is 10.9. The van der Waals surface area contributed by atoms with Crippen LogP contribution >= 0.6 is 23.1 Å². The molecule has 0 aliphatic carbocycles. The third-order valence-electron chi connectivity index (χ3n) is 4.90. The highest BCUT2D eigenvalue weighted by Crippen LogP contribution is 2.25. The smallest absolute Gasteiger partial charge is 0.276 e. The van der Waals surface area contributed by atoms with Gasteiger partial charge in [0.1, 0.15) is 10.4 Å². The van der Waals surface area contributed by atoms with Crippen molar-refractivity contribution in [3.8, 4) is 11.4 Å². The molecule has 2 aromatic carbocycles. The zero-order chi connectivity index (χ0) is 22.0. The first-order valence-corrected chi connectivity index (χ1v) is 11.5. The molecule has 0 aliphatic heterocycles. The summed E-state index contributed by atoms with van der Waals surface area (Å²) in [6.07, 6.45) is 0. The average molecular weight is 452 g/mol. The number of amides is 1. The van der Waals surface area contributed by atoms with Gasteiger partial charge in [0.2, 0.25) is 5.91 Å². The summed E-state index contributed by atoms with van der Waals surface area (Å²) in [6.45, 7) is 4.04. The molecule has 158 valence electrons. The molecule has 31 heavy (non-hydrogen) atoms. The molecular formula is C23H21N3O3S2. The van der Waals surface area contributed by atoms with E-state index in [0.29, 0.717) is 21.1 Å². The maximum atomic E-state index is 13.2. The largest absolute Gasteiger partial charge is 0.497 e. The quantitative estimate of drug-likeness (QED) is 0.337. The van der Waals surface area contributed by atoms with Gasteiger partial charge in [0.15, 0.2) is 5.16 Å². The number of methoxy groups -OCH3 is 1. The second-order valence-corrected chi connectivity index (χ2v) is 8.86. The van der Waals surface area contributed by atoms with Gasteiger partial charge in [0.05, 0.1) is 24.1 Å². The molecule has 1 N–H and O–H groups in total. The fraction of sp³-hybridized carbons (Fsp3) is 0.174. The lowest BCUT2D eigenvalue weighted by Gasteiger charge is -2.13. The molecule has 0 bridgehead atoms. The van der Waals surface area contributed by atoms with Crippen LogP contribution in [0.3, 0.4) is 0 Å². The summed E-state index contributed by atoms with van der Waals surface area (Å²) in [5, 5.41) is 5.20. The lowest BCUT2D eigenvalue weighted by Crippen LogP contribution is -2.22. The van der Waals surface area contributed by atoms with Crippen LogP contribution in [0.1, 0.15) is 11.1 Å². The number of thioether (sulfide) groups is 1. The maximum Gasteiger partial charge on any atom is 0.276 e. The number of nitrogens with one attached hydrogen (secondary N) is 1. The number of fused-ring (bicyclic) bond motifs is 1. The zero-order valence-electron chi connectivity index (χ0n) is 17.3. The topological polar surface area (TPSA) is 73.2 Å². The fourth-order valence-electron chi connectivity index (χ4n) is 3.08. The van der Waals surface area contributed by atoms with Crippen molar-refractivity contribution in [3.63, 3.8) is 0 Å². The second-order valence-electron chi connectivity index (χ2n) is 7.00. The monoisotopic (exact) mass is 451 g/mol. The number of aryl methyl sites for hydroxylation is 2. The lowest BCUT2D eigenvalue weighted by molar-refractivity contribution is -0.113. The number of benzene rings is 2. The molecular weight excluding hydrogens is 430 g/mol. The summed E-state index contributed by atoms with van der Waals surface area (Å²) >= 11 is 2.61. The number of carbonyl (C=O) groups excluding carboxylic acids is 1. The Balaban J connectivity index is 1.62. The average Bonchev–Trinajstić information content (AvgIpc) is 3.24. The van der Waals surface area contributed by atoms with Crippen LogP contribution in [0.15, 0.2) is 63.9 Å². The Hall–Kier alpha value is -3.10.